The Morgan fingerprint density at radius 1 is 0.377 bits per heavy atom. The van der Waals surface area contributed by atoms with Crippen molar-refractivity contribution < 1.29 is 0 Å². The quantitative estimate of drug-likeness (QED) is 0.126. The van der Waals surface area contributed by atoms with Crippen LogP contribution in [0.15, 0.2) is 182 Å². The Labute approximate surface area is 363 Å². The van der Waals surface area contributed by atoms with E-state index in [0.717, 1.165) is 0 Å². The summed E-state index contributed by atoms with van der Waals surface area (Å²) in [5.41, 5.74) is 17.8. The fourth-order valence-corrected chi connectivity index (χ4v) is 16.6. The molecule has 0 N–H and O–H groups in total. The topological polar surface area (TPSA) is 6.48 Å². The van der Waals surface area contributed by atoms with Gasteiger partial charge in [0.25, 0.3) is 0 Å². The lowest BCUT2D eigenvalue weighted by Gasteiger charge is -2.41. The van der Waals surface area contributed by atoms with Crippen molar-refractivity contribution in [3.63, 3.8) is 0 Å². The van der Waals surface area contributed by atoms with Gasteiger partial charge < -0.3 is 9.80 Å². The van der Waals surface area contributed by atoms with Crippen molar-refractivity contribution in [2.24, 2.45) is 0 Å². The number of nitrogens with zero attached hydrogens (tertiary/aromatic N) is 2. The van der Waals surface area contributed by atoms with Crippen molar-refractivity contribution in [2.75, 3.05) is 9.80 Å². The van der Waals surface area contributed by atoms with Gasteiger partial charge in [-0.3, -0.25) is 0 Å². The molecular weight excluding hydrogens is 769 g/mol. The fraction of sp³-hybridized carbons (Fsp3) is 0.123. The molecule has 0 fully saturated rings. The van der Waals surface area contributed by atoms with Gasteiger partial charge in [-0.05, 0) is 114 Å². The van der Waals surface area contributed by atoms with Crippen molar-refractivity contribution in [3.05, 3.63) is 204 Å². The molecule has 0 aromatic heterocycles. The maximum Gasteiger partial charge on any atom is 0.117 e. The minimum atomic E-state index is -1.84. The molecule has 0 radical (unpaired) electrons. The number of benzene rings is 8. The summed E-state index contributed by atoms with van der Waals surface area (Å²) in [6.07, 6.45) is 4.51. The molecule has 11 rings (SSSR count). The van der Waals surface area contributed by atoms with E-state index in [-0.39, 0.29) is 5.41 Å². The molecule has 0 saturated carbocycles. The van der Waals surface area contributed by atoms with Crippen molar-refractivity contribution in [1.82, 2.24) is 0 Å². The average molecular weight is 819 g/mol. The van der Waals surface area contributed by atoms with Crippen LogP contribution in [0.4, 0.5) is 34.1 Å². The van der Waals surface area contributed by atoms with Gasteiger partial charge >= 0.3 is 0 Å². The van der Waals surface area contributed by atoms with Gasteiger partial charge in [-0.15, -0.1) is 0 Å². The van der Waals surface area contributed by atoms with E-state index in [0.29, 0.717) is 0 Å². The van der Waals surface area contributed by atoms with Crippen LogP contribution in [0.5, 0.6) is 0 Å². The van der Waals surface area contributed by atoms with Crippen LogP contribution < -0.4 is 30.5 Å². The Morgan fingerprint density at radius 3 is 1.23 bits per heavy atom. The Morgan fingerprint density at radius 2 is 0.738 bits per heavy atom. The highest BCUT2D eigenvalue weighted by atomic mass is 28.3. The minimum absolute atomic E-state index is 0.135. The Hall–Kier alpha value is -6.47. The first kappa shape index (κ1) is 37.5. The third-order valence-corrected chi connectivity index (χ3v) is 21.1. The fourth-order valence-electron chi connectivity index (χ4n) is 10.7. The van der Waals surface area contributed by atoms with Gasteiger partial charge in [0.05, 0.1) is 0 Å². The SMILES string of the molecule is CC1(C)c2cc(/C=C/c3ccc(-c4ccc(N5c6ccccc6[Si](C)(C)c6ccccc65)cc4)cc3)ccc2-c2ccc(N3c4ccccc4[Si](C)(C)c4ccccc43)cc21. The van der Waals surface area contributed by atoms with Gasteiger partial charge in [0.1, 0.15) is 16.1 Å². The molecule has 4 heteroatoms. The summed E-state index contributed by atoms with van der Waals surface area (Å²) >= 11 is 0. The van der Waals surface area contributed by atoms with Gasteiger partial charge in [-0.1, -0.05) is 186 Å². The molecular formula is C57H50N2Si2. The van der Waals surface area contributed by atoms with Crippen LogP contribution in [-0.2, 0) is 5.41 Å². The summed E-state index contributed by atoms with van der Waals surface area (Å²) in [6, 6.07) is 68.3. The van der Waals surface area contributed by atoms with E-state index in [1.54, 1.807) is 0 Å². The summed E-state index contributed by atoms with van der Waals surface area (Å²) in [6.45, 7) is 14.7. The van der Waals surface area contributed by atoms with E-state index < -0.39 is 16.1 Å². The summed E-state index contributed by atoms with van der Waals surface area (Å²) in [5, 5.41) is 5.96. The first-order valence-electron chi connectivity index (χ1n) is 21.7. The molecule has 2 aliphatic heterocycles. The number of para-hydroxylation sites is 4. The molecule has 3 aliphatic rings. The summed E-state index contributed by atoms with van der Waals surface area (Å²) in [7, 11) is -3.65. The maximum atomic E-state index is 2.51. The molecule has 2 nitrogen and oxygen atoms in total. The number of hydrogen-bond acceptors (Lipinski definition) is 2. The number of hydrogen-bond donors (Lipinski definition) is 0. The monoisotopic (exact) mass is 818 g/mol. The number of rotatable bonds is 5. The lowest BCUT2D eigenvalue weighted by molar-refractivity contribution is 0.660. The van der Waals surface area contributed by atoms with Crippen LogP contribution in [0.1, 0.15) is 36.1 Å². The second-order valence-electron chi connectivity index (χ2n) is 18.7. The summed E-state index contributed by atoms with van der Waals surface area (Å²) < 4.78 is 0. The van der Waals surface area contributed by atoms with Crippen molar-refractivity contribution in [1.29, 1.82) is 0 Å². The van der Waals surface area contributed by atoms with E-state index in [2.05, 4.69) is 244 Å². The second-order valence-corrected chi connectivity index (χ2v) is 27.3. The smallest absolute Gasteiger partial charge is 0.117 e. The summed E-state index contributed by atoms with van der Waals surface area (Å²) in [5.74, 6) is 0. The second kappa shape index (κ2) is 13.8. The van der Waals surface area contributed by atoms with Crippen LogP contribution in [-0.4, -0.2) is 16.1 Å². The van der Waals surface area contributed by atoms with Crippen LogP contribution in [0, 0.1) is 0 Å². The number of fused-ring (bicyclic) bond motifs is 7. The van der Waals surface area contributed by atoms with Crippen LogP contribution in [0.25, 0.3) is 34.4 Å². The predicted octanol–water partition coefficient (Wildman–Crippen LogP) is 13.0. The summed E-state index contributed by atoms with van der Waals surface area (Å²) in [4.78, 5) is 4.96. The first-order valence-corrected chi connectivity index (χ1v) is 27.7. The van der Waals surface area contributed by atoms with Gasteiger partial charge in [-0.2, -0.15) is 0 Å². The standard InChI is InChI=1S/C57H50N2Si2/c1-57(2)47-37-40(27-35-45(47)46-36-34-44(38-48(46)57)59-51-17-9-13-21-55(51)61(5,6)56-22-14-10-18-52(56)59)24-23-39-25-28-41(29-26-39)42-30-32-43(33-31-42)58-49-15-7-11-19-53(49)60(3,4)54-20-12-8-16-50(54)58/h7-38H,1-6H3/b24-23+. The van der Waals surface area contributed by atoms with Crippen molar-refractivity contribution >= 4 is 83.2 Å². The maximum absolute atomic E-state index is 2.51. The third kappa shape index (κ3) is 5.80. The molecule has 0 amide bonds. The van der Waals surface area contributed by atoms with Crippen LogP contribution in [0.2, 0.25) is 26.2 Å². The molecule has 8 aromatic carbocycles. The molecule has 0 bridgehead atoms. The molecule has 0 unspecified atom stereocenters. The van der Waals surface area contributed by atoms with Gasteiger partial charge in [-0.25, -0.2) is 0 Å². The zero-order chi connectivity index (χ0) is 41.7. The van der Waals surface area contributed by atoms with E-state index in [1.807, 2.05) is 0 Å². The predicted molar refractivity (Wildman–Crippen MR) is 268 cm³/mol. The Balaban J connectivity index is 0.842. The highest BCUT2D eigenvalue weighted by Gasteiger charge is 2.41. The molecule has 2 heterocycles. The average Bonchev–Trinajstić information content (AvgIpc) is 3.51. The first-order chi connectivity index (χ1) is 29.5. The largest absolute Gasteiger partial charge is 0.311 e. The zero-order valence-electron chi connectivity index (χ0n) is 35.9. The molecule has 296 valence electrons. The minimum Gasteiger partial charge on any atom is -0.311 e. The van der Waals surface area contributed by atoms with Crippen molar-refractivity contribution in [2.45, 2.75) is 45.5 Å². The van der Waals surface area contributed by atoms with E-state index in [1.165, 1.54) is 99.4 Å². The molecule has 1 aliphatic carbocycles. The van der Waals surface area contributed by atoms with E-state index in [4.69, 9.17) is 0 Å². The zero-order valence-corrected chi connectivity index (χ0v) is 37.9. The molecule has 61 heavy (non-hydrogen) atoms. The molecule has 8 aromatic rings. The van der Waals surface area contributed by atoms with Crippen LogP contribution in [0.3, 0.4) is 0 Å². The molecule has 0 spiro atoms. The van der Waals surface area contributed by atoms with Gasteiger partial charge in [0.15, 0.2) is 0 Å². The van der Waals surface area contributed by atoms with E-state index >= 15 is 0 Å². The van der Waals surface area contributed by atoms with Gasteiger partial charge in [0, 0.05) is 39.5 Å². The Kier molecular flexibility index (Phi) is 8.48. The van der Waals surface area contributed by atoms with Crippen LogP contribution >= 0.6 is 0 Å². The molecule has 0 atom stereocenters. The Bertz CT molecular complexity index is 2970. The van der Waals surface area contributed by atoms with E-state index in [9.17, 15) is 0 Å². The normalized spacial score (nSPS) is 16.0. The lowest BCUT2D eigenvalue weighted by Crippen LogP contribution is -2.58. The highest BCUT2D eigenvalue weighted by molar-refractivity contribution is 7.03. The highest BCUT2D eigenvalue weighted by Crippen LogP contribution is 2.51. The lowest BCUT2D eigenvalue weighted by atomic mass is 9.81. The van der Waals surface area contributed by atoms with Crippen molar-refractivity contribution in [3.8, 4) is 22.3 Å². The number of anilines is 6. The van der Waals surface area contributed by atoms with Gasteiger partial charge in [0.2, 0.25) is 0 Å². The molecule has 0 saturated heterocycles. The third-order valence-electron chi connectivity index (χ3n) is 14.1.